The van der Waals surface area contributed by atoms with E-state index in [0.717, 1.165) is 21.2 Å². The van der Waals surface area contributed by atoms with Gasteiger partial charge < -0.3 is 9.64 Å². The average Bonchev–Trinajstić information content (AvgIpc) is 3.30. The summed E-state index contributed by atoms with van der Waals surface area (Å²) in [6.07, 6.45) is 0. The Labute approximate surface area is 149 Å². The van der Waals surface area contributed by atoms with Gasteiger partial charge >= 0.3 is 0 Å². The van der Waals surface area contributed by atoms with Crippen molar-refractivity contribution < 1.29 is 9.53 Å². The molecule has 0 aliphatic heterocycles. The second-order valence-corrected chi connectivity index (χ2v) is 6.99. The summed E-state index contributed by atoms with van der Waals surface area (Å²) in [5, 5.41) is 4.75. The van der Waals surface area contributed by atoms with Gasteiger partial charge in [-0.3, -0.25) is 4.79 Å². The van der Waals surface area contributed by atoms with Crippen molar-refractivity contribution in [2.75, 3.05) is 13.7 Å². The predicted molar refractivity (Wildman–Crippen MR) is 98.8 cm³/mol. The van der Waals surface area contributed by atoms with Crippen LogP contribution in [-0.4, -0.2) is 29.4 Å². The van der Waals surface area contributed by atoms with Crippen molar-refractivity contribution in [3.05, 3.63) is 58.4 Å². The summed E-state index contributed by atoms with van der Waals surface area (Å²) in [7, 11) is 1.64. The fraction of sp³-hybridized carbons (Fsp3) is 0.222. The summed E-state index contributed by atoms with van der Waals surface area (Å²) >= 11 is 3.14. The molecule has 0 aliphatic rings. The Kier molecular flexibility index (Phi) is 5.27. The fourth-order valence-electron chi connectivity index (χ4n) is 2.33. The second kappa shape index (κ2) is 7.59. The van der Waals surface area contributed by atoms with Crippen molar-refractivity contribution in [1.29, 1.82) is 0 Å². The van der Waals surface area contributed by atoms with Gasteiger partial charge in [0.1, 0.15) is 16.5 Å². The molecule has 24 heavy (non-hydrogen) atoms. The van der Waals surface area contributed by atoms with E-state index in [0.29, 0.717) is 18.8 Å². The van der Waals surface area contributed by atoms with E-state index in [-0.39, 0.29) is 5.91 Å². The van der Waals surface area contributed by atoms with E-state index >= 15 is 0 Å². The first kappa shape index (κ1) is 16.7. The zero-order valence-electron chi connectivity index (χ0n) is 13.6. The highest BCUT2D eigenvalue weighted by Crippen LogP contribution is 2.28. The summed E-state index contributed by atoms with van der Waals surface area (Å²) < 4.78 is 5.17. The molecular weight excluding hydrogens is 340 g/mol. The van der Waals surface area contributed by atoms with Crippen LogP contribution in [0.3, 0.4) is 0 Å². The number of hydrogen-bond donors (Lipinski definition) is 0. The predicted octanol–water partition coefficient (Wildman–Crippen LogP) is 4.54. The third kappa shape index (κ3) is 3.66. The van der Waals surface area contributed by atoms with Crippen molar-refractivity contribution in [1.82, 2.24) is 9.88 Å². The Bertz CT molecular complexity index is 795. The summed E-state index contributed by atoms with van der Waals surface area (Å²) in [4.78, 5) is 20.1. The van der Waals surface area contributed by atoms with Crippen LogP contribution in [0.5, 0.6) is 5.75 Å². The molecular formula is C18H18N2O2S2. The SMILES string of the molecule is CCN(Cc1ccc(OC)cc1)C(=O)c1csc(-c2cccs2)n1. The van der Waals surface area contributed by atoms with Crippen molar-refractivity contribution in [3.63, 3.8) is 0 Å². The molecule has 0 N–H and O–H groups in total. The number of ether oxygens (including phenoxy) is 1. The normalized spacial score (nSPS) is 10.6. The van der Waals surface area contributed by atoms with Gasteiger partial charge in [-0.2, -0.15) is 0 Å². The first-order valence-electron chi connectivity index (χ1n) is 7.63. The number of thiazole rings is 1. The minimum Gasteiger partial charge on any atom is -0.497 e. The number of thiophene rings is 1. The topological polar surface area (TPSA) is 42.4 Å². The van der Waals surface area contributed by atoms with Crippen molar-refractivity contribution in [3.8, 4) is 15.6 Å². The molecule has 0 saturated heterocycles. The summed E-state index contributed by atoms with van der Waals surface area (Å²) in [5.74, 6) is 0.778. The summed E-state index contributed by atoms with van der Waals surface area (Å²) in [6.45, 7) is 3.18. The summed E-state index contributed by atoms with van der Waals surface area (Å²) in [6, 6.07) is 11.8. The molecule has 4 nitrogen and oxygen atoms in total. The van der Waals surface area contributed by atoms with Crippen LogP contribution in [0.15, 0.2) is 47.2 Å². The molecule has 3 rings (SSSR count). The van der Waals surface area contributed by atoms with Crippen LogP contribution >= 0.6 is 22.7 Å². The molecule has 0 aliphatic carbocycles. The zero-order chi connectivity index (χ0) is 16.9. The molecule has 2 aromatic heterocycles. The fourth-order valence-corrected chi connectivity index (χ4v) is 3.93. The lowest BCUT2D eigenvalue weighted by molar-refractivity contribution is 0.0747. The largest absolute Gasteiger partial charge is 0.497 e. The Morgan fingerprint density at radius 2 is 2.00 bits per heavy atom. The Morgan fingerprint density at radius 1 is 1.21 bits per heavy atom. The van der Waals surface area contributed by atoms with Gasteiger partial charge in [-0.25, -0.2) is 4.98 Å². The lowest BCUT2D eigenvalue weighted by Gasteiger charge is -2.20. The first-order valence-corrected chi connectivity index (χ1v) is 9.38. The van der Waals surface area contributed by atoms with Gasteiger partial charge in [0.15, 0.2) is 0 Å². The maximum atomic E-state index is 12.7. The quantitative estimate of drug-likeness (QED) is 0.649. The average molecular weight is 358 g/mol. The molecule has 3 aromatic rings. The molecule has 6 heteroatoms. The van der Waals surface area contributed by atoms with Crippen LogP contribution in [0.25, 0.3) is 9.88 Å². The number of aromatic nitrogens is 1. The third-order valence-corrected chi connectivity index (χ3v) is 5.54. The van der Waals surface area contributed by atoms with Gasteiger partial charge in [0.2, 0.25) is 0 Å². The highest BCUT2D eigenvalue weighted by atomic mass is 32.1. The smallest absolute Gasteiger partial charge is 0.273 e. The van der Waals surface area contributed by atoms with Crippen molar-refractivity contribution in [2.24, 2.45) is 0 Å². The lowest BCUT2D eigenvalue weighted by atomic mass is 10.2. The number of rotatable bonds is 6. The van der Waals surface area contributed by atoms with Gasteiger partial charge in [-0.05, 0) is 36.1 Å². The van der Waals surface area contributed by atoms with Crippen LogP contribution in [0.2, 0.25) is 0 Å². The van der Waals surface area contributed by atoms with Gasteiger partial charge in [0.05, 0.1) is 12.0 Å². The first-order chi connectivity index (χ1) is 11.7. The van der Waals surface area contributed by atoms with Crippen molar-refractivity contribution >= 4 is 28.6 Å². The van der Waals surface area contributed by atoms with Gasteiger partial charge in [-0.15, -0.1) is 22.7 Å². The molecule has 0 unspecified atom stereocenters. The van der Waals surface area contributed by atoms with E-state index in [1.807, 2.05) is 54.1 Å². The van der Waals surface area contributed by atoms with Crippen LogP contribution in [0.4, 0.5) is 0 Å². The minimum absolute atomic E-state index is 0.0348. The summed E-state index contributed by atoms with van der Waals surface area (Å²) in [5.41, 5.74) is 1.58. The van der Waals surface area contributed by atoms with E-state index in [9.17, 15) is 4.79 Å². The molecule has 0 radical (unpaired) electrons. The Morgan fingerprint density at radius 3 is 2.62 bits per heavy atom. The molecule has 0 spiro atoms. The molecule has 1 aromatic carbocycles. The number of carbonyl (C=O) groups is 1. The molecule has 1 amide bonds. The van der Waals surface area contributed by atoms with Crippen LogP contribution in [0, 0.1) is 0 Å². The van der Waals surface area contributed by atoms with Gasteiger partial charge in [0, 0.05) is 18.5 Å². The molecule has 0 bridgehead atoms. The van der Waals surface area contributed by atoms with Crippen LogP contribution in [0.1, 0.15) is 23.0 Å². The number of methoxy groups -OCH3 is 1. The van der Waals surface area contributed by atoms with Crippen LogP contribution < -0.4 is 4.74 Å². The van der Waals surface area contributed by atoms with E-state index in [1.165, 1.54) is 11.3 Å². The highest BCUT2D eigenvalue weighted by molar-refractivity contribution is 7.20. The second-order valence-electron chi connectivity index (χ2n) is 5.18. The number of hydrogen-bond acceptors (Lipinski definition) is 5. The number of carbonyl (C=O) groups excluding carboxylic acids is 1. The van der Waals surface area contributed by atoms with E-state index in [2.05, 4.69) is 4.98 Å². The maximum absolute atomic E-state index is 12.7. The monoisotopic (exact) mass is 358 g/mol. The molecule has 2 heterocycles. The molecule has 0 atom stereocenters. The molecule has 124 valence electrons. The maximum Gasteiger partial charge on any atom is 0.273 e. The van der Waals surface area contributed by atoms with Gasteiger partial charge in [-0.1, -0.05) is 18.2 Å². The minimum atomic E-state index is -0.0348. The lowest BCUT2D eigenvalue weighted by Crippen LogP contribution is -2.30. The standard InChI is InChI=1S/C18H18N2O2S2/c1-3-20(11-13-6-8-14(22-2)9-7-13)18(21)15-12-24-17(19-15)16-5-4-10-23-16/h4-10,12H,3,11H2,1-2H3. The third-order valence-electron chi connectivity index (χ3n) is 3.66. The number of nitrogens with zero attached hydrogens (tertiary/aromatic N) is 2. The number of benzene rings is 1. The van der Waals surface area contributed by atoms with Crippen molar-refractivity contribution in [2.45, 2.75) is 13.5 Å². The van der Waals surface area contributed by atoms with E-state index < -0.39 is 0 Å². The van der Waals surface area contributed by atoms with Crippen LogP contribution in [-0.2, 0) is 6.54 Å². The highest BCUT2D eigenvalue weighted by Gasteiger charge is 2.18. The Hall–Kier alpha value is -2.18. The number of amides is 1. The van der Waals surface area contributed by atoms with E-state index in [1.54, 1.807) is 23.3 Å². The van der Waals surface area contributed by atoms with Gasteiger partial charge in [0.25, 0.3) is 5.91 Å². The van der Waals surface area contributed by atoms with E-state index in [4.69, 9.17) is 4.74 Å². The Balaban J connectivity index is 1.73. The zero-order valence-corrected chi connectivity index (χ0v) is 15.2. The molecule has 0 saturated carbocycles. The molecule has 0 fully saturated rings.